The van der Waals surface area contributed by atoms with Crippen LogP contribution in [0.25, 0.3) is 0 Å². The predicted molar refractivity (Wildman–Crippen MR) is 150 cm³/mol. The molecule has 0 unspecified atom stereocenters. The van der Waals surface area contributed by atoms with Crippen molar-refractivity contribution in [1.29, 1.82) is 5.41 Å². The molecule has 1 heterocycles. The number of benzene rings is 2. The number of hydrogen-bond acceptors (Lipinski definition) is 14. The average Bonchev–Trinajstić information content (AvgIpc) is 3.00. The number of hydrogen-bond donors (Lipinski definition) is 1. The van der Waals surface area contributed by atoms with Gasteiger partial charge in [0.05, 0.1) is 58.5 Å². The van der Waals surface area contributed by atoms with E-state index in [4.69, 9.17) is 24.5 Å². The number of esters is 2. The maximum atomic E-state index is 14.2. The van der Waals surface area contributed by atoms with Crippen molar-refractivity contribution in [3.8, 4) is 11.8 Å². The number of nitrogens with one attached hydrogen (secondary N) is 1. The summed E-state index contributed by atoms with van der Waals surface area (Å²) in [5, 5.41) is 9.20. The van der Waals surface area contributed by atoms with E-state index in [1.807, 2.05) is 0 Å². The third-order valence-electron chi connectivity index (χ3n) is 5.62. The third kappa shape index (κ3) is 6.82. The molecular formula is C25H27N5O11S2. The molecule has 1 N–H and O–H groups in total. The highest BCUT2D eigenvalue weighted by Crippen LogP contribution is 2.29. The maximum absolute atomic E-state index is 14.2. The van der Waals surface area contributed by atoms with Crippen LogP contribution in [0.15, 0.2) is 59.5 Å². The second-order valence-electron chi connectivity index (χ2n) is 8.15. The largest absolute Gasteiger partial charge is 0.481 e. The van der Waals surface area contributed by atoms with E-state index in [1.165, 1.54) is 56.7 Å². The molecule has 16 nitrogen and oxygen atoms in total. The number of rotatable bonds is 11. The van der Waals surface area contributed by atoms with Gasteiger partial charge in [0.15, 0.2) is 0 Å². The standard InChI is InChI=1S/C25H27N5O11S2/c1-37-20-14-21(38-2)28-25(27-20)29(41-5)24(26)30(43(35,36)19-13-9-8-12-18(19)23(32)40-4)42(33,34)15-16-10-6-7-11-17(16)22(31)39-3/h6-14,26H,15H2,1-5H3. The highest BCUT2D eigenvalue weighted by molar-refractivity contribution is 8.04. The Hall–Kier alpha value is -4.81. The van der Waals surface area contributed by atoms with Crippen LogP contribution in [0.4, 0.5) is 5.95 Å². The summed E-state index contributed by atoms with van der Waals surface area (Å²) >= 11 is 0. The number of guanidine groups is 1. The number of methoxy groups -OCH3 is 4. The average molecular weight is 638 g/mol. The lowest BCUT2D eigenvalue weighted by molar-refractivity contribution is 0.0589. The van der Waals surface area contributed by atoms with E-state index in [2.05, 4.69) is 14.7 Å². The van der Waals surface area contributed by atoms with Gasteiger partial charge in [-0.1, -0.05) is 30.3 Å². The summed E-state index contributed by atoms with van der Waals surface area (Å²) in [4.78, 5) is 37.2. The summed E-state index contributed by atoms with van der Waals surface area (Å²) < 4.78 is 75.7. The van der Waals surface area contributed by atoms with E-state index in [-0.39, 0.29) is 26.6 Å². The fourth-order valence-corrected chi connectivity index (χ4v) is 7.55. The normalized spacial score (nSPS) is 11.3. The van der Waals surface area contributed by atoms with Gasteiger partial charge in [0.25, 0.3) is 32.0 Å². The summed E-state index contributed by atoms with van der Waals surface area (Å²) in [6.07, 6.45) is 0. The number of carbonyl (C=O) groups is 2. The second-order valence-corrected chi connectivity index (χ2v) is 12.0. The van der Waals surface area contributed by atoms with Crippen LogP contribution in [0.5, 0.6) is 11.8 Å². The Morgan fingerprint density at radius 2 is 1.30 bits per heavy atom. The van der Waals surface area contributed by atoms with Crippen molar-refractivity contribution in [2.45, 2.75) is 10.6 Å². The van der Waals surface area contributed by atoms with Crippen molar-refractivity contribution < 1.29 is 50.2 Å². The van der Waals surface area contributed by atoms with Crippen LogP contribution in [-0.2, 0) is 40.1 Å². The zero-order valence-corrected chi connectivity index (χ0v) is 25.1. The molecule has 0 saturated heterocycles. The minimum Gasteiger partial charge on any atom is -0.481 e. The molecule has 0 fully saturated rings. The monoisotopic (exact) mass is 637 g/mol. The fraction of sp³-hybridized carbons (Fsp3) is 0.240. The Morgan fingerprint density at radius 3 is 1.84 bits per heavy atom. The van der Waals surface area contributed by atoms with Crippen LogP contribution in [0.3, 0.4) is 0 Å². The Balaban J connectivity index is 2.30. The molecule has 0 atom stereocenters. The van der Waals surface area contributed by atoms with Crippen molar-refractivity contribution in [2.75, 3.05) is 40.6 Å². The first kappa shape index (κ1) is 32.7. The molecule has 1 aromatic heterocycles. The summed E-state index contributed by atoms with van der Waals surface area (Å²) in [6, 6.07) is 11.3. The van der Waals surface area contributed by atoms with Crippen LogP contribution in [0, 0.1) is 5.41 Å². The minimum absolute atomic E-state index is 0.1000. The van der Waals surface area contributed by atoms with Gasteiger partial charge in [-0.05, 0) is 23.8 Å². The zero-order valence-electron chi connectivity index (χ0n) is 23.5. The first-order valence-electron chi connectivity index (χ1n) is 11.9. The molecule has 18 heteroatoms. The van der Waals surface area contributed by atoms with Gasteiger partial charge in [-0.2, -0.15) is 23.4 Å². The molecule has 3 rings (SSSR count). The number of hydroxylamine groups is 1. The minimum atomic E-state index is -5.33. The van der Waals surface area contributed by atoms with Gasteiger partial charge in [-0.3, -0.25) is 10.2 Å². The summed E-state index contributed by atoms with van der Waals surface area (Å²) in [5.41, 5.74) is -0.833. The molecule has 0 aliphatic carbocycles. The zero-order chi connectivity index (χ0) is 31.9. The van der Waals surface area contributed by atoms with E-state index >= 15 is 0 Å². The van der Waals surface area contributed by atoms with Gasteiger partial charge in [-0.25, -0.2) is 18.0 Å². The molecule has 0 saturated carbocycles. The number of carbonyl (C=O) groups excluding carboxylic acids is 2. The first-order chi connectivity index (χ1) is 20.4. The Labute approximate surface area is 247 Å². The predicted octanol–water partition coefficient (Wildman–Crippen LogP) is 1.59. The molecule has 0 aliphatic heterocycles. The molecule has 0 spiro atoms. The van der Waals surface area contributed by atoms with Gasteiger partial charge >= 0.3 is 11.9 Å². The van der Waals surface area contributed by atoms with E-state index in [0.717, 1.165) is 33.5 Å². The Bertz CT molecular complexity index is 1730. The Kier molecular flexibility index (Phi) is 10.2. The number of anilines is 1. The van der Waals surface area contributed by atoms with Crippen LogP contribution >= 0.6 is 0 Å². The number of ether oxygens (including phenoxy) is 4. The van der Waals surface area contributed by atoms with E-state index < -0.39 is 60.1 Å². The van der Waals surface area contributed by atoms with Crippen molar-refractivity contribution in [2.24, 2.45) is 0 Å². The van der Waals surface area contributed by atoms with Crippen molar-refractivity contribution >= 4 is 43.9 Å². The number of aromatic nitrogens is 2. The highest BCUT2D eigenvalue weighted by Gasteiger charge is 2.43. The van der Waals surface area contributed by atoms with Crippen LogP contribution in [-0.4, -0.2) is 84.0 Å². The van der Waals surface area contributed by atoms with Crippen molar-refractivity contribution in [1.82, 2.24) is 13.7 Å². The number of sulfonamides is 2. The first-order valence-corrected chi connectivity index (χ1v) is 14.9. The van der Waals surface area contributed by atoms with E-state index in [0.29, 0.717) is 5.06 Å². The SMILES string of the molecule is COC(=O)c1ccccc1CS(=O)(=O)N(C(=N)N(OC)c1nc(OC)cc(OC)n1)S(=O)(=O)c1ccccc1C(=O)OC. The topological polar surface area (TPSA) is 205 Å². The van der Waals surface area contributed by atoms with Gasteiger partial charge in [0, 0.05) is 0 Å². The molecule has 43 heavy (non-hydrogen) atoms. The number of nitrogens with zero attached hydrogens (tertiary/aromatic N) is 4. The molecular weight excluding hydrogens is 610 g/mol. The smallest absolute Gasteiger partial charge is 0.339 e. The quantitative estimate of drug-likeness (QED) is 0.137. The molecule has 2 aromatic carbocycles. The molecule has 0 bridgehead atoms. The summed E-state index contributed by atoms with van der Waals surface area (Å²) in [7, 11) is -4.89. The fourth-order valence-electron chi connectivity index (χ4n) is 3.69. The highest BCUT2D eigenvalue weighted by atomic mass is 32.3. The van der Waals surface area contributed by atoms with E-state index in [1.54, 1.807) is 0 Å². The van der Waals surface area contributed by atoms with Gasteiger partial charge in [0.1, 0.15) is 4.90 Å². The maximum Gasteiger partial charge on any atom is 0.339 e. The molecule has 230 valence electrons. The van der Waals surface area contributed by atoms with Crippen molar-refractivity contribution in [3.05, 3.63) is 71.3 Å². The summed E-state index contributed by atoms with van der Waals surface area (Å²) in [6.45, 7) is 0. The second kappa shape index (κ2) is 13.4. The van der Waals surface area contributed by atoms with Crippen LogP contribution in [0.2, 0.25) is 0 Å². The molecule has 0 radical (unpaired) electrons. The lowest BCUT2D eigenvalue weighted by Gasteiger charge is -2.29. The van der Waals surface area contributed by atoms with Gasteiger partial charge in [-0.15, -0.1) is 3.71 Å². The van der Waals surface area contributed by atoms with Crippen LogP contribution in [0.1, 0.15) is 26.3 Å². The lowest BCUT2D eigenvalue weighted by Crippen LogP contribution is -2.50. The lowest BCUT2D eigenvalue weighted by atomic mass is 10.1. The van der Waals surface area contributed by atoms with Gasteiger partial charge < -0.3 is 18.9 Å². The third-order valence-corrected chi connectivity index (χ3v) is 9.76. The molecule has 0 amide bonds. The van der Waals surface area contributed by atoms with Gasteiger partial charge in [0.2, 0.25) is 11.8 Å². The molecule has 0 aliphatic rings. The van der Waals surface area contributed by atoms with Crippen LogP contribution < -0.4 is 14.5 Å². The molecule has 3 aromatic rings. The van der Waals surface area contributed by atoms with Crippen molar-refractivity contribution in [3.63, 3.8) is 0 Å². The van der Waals surface area contributed by atoms with E-state index in [9.17, 15) is 26.4 Å². The Morgan fingerprint density at radius 1 is 0.791 bits per heavy atom. The summed E-state index contributed by atoms with van der Waals surface area (Å²) in [5.74, 6) is -5.18.